The second-order valence-electron chi connectivity index (χ2n) is 7.01. The van der Waals surface area contributed by atoms with Crippen LogP contribution in [0, 0.1) is 11.8 Å². The van der Waals surface area contributed by atoms with Crippen LogP contribution in [0.2, 0.25) is 0 Å². The second kappa shape index (κ2) is 6.75. The van der Waals surface area contributed by atoms with Crippen molar-refractivity contribution in [1.82, 2.24) is 4.72 Å². The highest BCUT2D eigenvalue weighted by Crippen LogP contribution is 2.33. The van der Waals surface area contributed by atoms with Crippen LogP contribution in [-0.2, 0) is 10.0 Å². The maximum atomic E-state index is 12.4. The molecule has 0 unspecified atom stereocenters. The van der Waals surface area contributed by atoms with Crippen LogP contribution in [0.25, 0.3) is 0 Å². The van der Waals surface area contributed by atoms with Gasteiger partial charge < -0.3 is 5.11 Å². The lowest BCUT2D eigenvalue weighted by atomic mass is 9.78. The molecule has 2 N–H and O–H groups in total. The van der Waals surface area contributed by atoms with Crippen molar-refractivity contribution in [3.05, 3.63) is 0 Å². The van der Waals surface area contributed by atoms with Crippen LogP contribution in [0.3, 0.4) is 0 Å². The van der Waals surface area contributed by atoms with Gasteiger partial charge in [-0.1, -0.05) is 26.2 Å². The topological polar surface area (TPSA) is 66.4 Å². The minimum Gasteiger partial charge on any atom is -0.394 e. The number of hydrogen-bond donors (Lipinski definition) is 2. The van der Waals surface area contributed by atoms with Crippen molar-refractivity contribution >= 4 is 10.0 Å². The van der Waals surface area contributed by atoms with Crippen LogP contribution in [0.4, 0.5) is 0 Å². The fraction of sp³-hybridized carbons (Fsp3) is 1.00. The molecule has 2 saturated carbocycles. The molecule has 0 aliphatic heterocycles. The molecule has 0 radical (unpaired) electrons. The molecule has 2 fully saturated rings. The summed E-state index contributed by atoms with van der Waals surface area (Å²) < 4.78 is 27.6. The van der Waals surface area contributed by atoms with Crippen molar-refractivity contribution in [1.29, 1.82) is 0 Å². The zero-order valence-corrected chi connectivity index (χ0v) is 13.4. The van der Waals surface area contributed by atoms with Gasteiger partial charge in [-0.15, -0.1) is 0 Å². The Morgan fingerprint density at radius 3 is 2.25 bits per heavy atom. The SMILES string of the molecule is CC1CCC(CO)(NS(=O)(=O)CC2CCCCC2)CC1. The minimum atomic E-state index is -3.28. The van der Waals surface area contributed by atoms with Gasteiger partial charge in [0.25, 0.3) is 0 Å². The number of rotatable bonds is 5. The van der Waals surface area contributed by atoms with Crippen LogP contribution < -0.4 is 4.72 Å². The first kappa shape index (κ1) is 16.2. The molecule has 2 aliphatic rings. The minimum absolute atomic E-state index is 0.0797. The van der Waals surface area contributed by atoms with Crippen molar-refractivity contribution < 1.29 is 13.5 Å². The first-order valence-corrected chi connectivity index (χ1v) is 9.72. The zero-order chi connectivity index (χ0) is 14.6. The smallest absolute Gasteiger partial charge is 0.212 e. The van der Waals surface area contributed by atoms with E-state index in [9.17, 15) is 13.5 Å². The number of sulfonamides is 1. The fourth-order valence-corrected chi connectivity index (χ4v) is 5.61. The first-order chi connectivity index (χ1) is 9.45. The highest BCUT2D eigenvalue weighted by molar-refractivity contribution is 7.89. The number of nitrogens with one attached hydrogen (secondary N) is 1. The molecule has 0 spiro atoms. The summed E-state index contributed by atoms with van der Waals surface area (Å²) in [5.74, 6) is 1.18. The van der Waals surface area contributed by atoms with E-state index >= 15 is 0 Å². The predicted molar refractivity (Wildman–Crippen MR) is 80.9 cm³/mol. The van der Waals surface area contributed by atoms with Crippen LogP contribution >= 0.6 is 0 Å². The average molecular weight is 303 g/mol. The van der Waals surface area contributed by atoms with Crippen LogP contribution in [-0.4, -0.2) is 31.4 Å². The molecular weight excluding hydrogens is 274 g/mol. The fourth-order valence-electron chi connectivity index (χ4n) is 3.64. The van der Waals surface area contributed by atoms with Crippen molar-refractivity contribution in [2.75, 3.05) is 12.4 Å². The molecule has 20 heavy (non-hydrogen) atoms. The van der Waals surface area contributed by atoms with Crippen LogP contribution in [0.5, 0.6) is 0 Å². The maximum Gasteiger partial charge on any atom is 0.212 e. The van der Waals surface area contributed by atoms with E-state index in [1.807, 2.05) is 0 Å². The van der Waals surface area contributed by atoms with Crippen LogP contribution in [0.1, 0.15) is 64.7 Å². The Morgan fingerprint density at radius 1 is 1.10 bits per heavy atom. The third-order valence-electron chi connectivity index (χ3n) is 5.09. The molecule has 0 heterocycles. The summed E-state index contributed by atoms with van der Waals surface area (Å²) in [5.41, 5.74) is -0.597. The molecule has 0 bridgehead atoms. The van der Waals surface area contributed by atoms with E-state index in [1.165, 1.54) is 6.42 Å². The van der Waals surface area contributed by atoms with Crippen LogP contribution in [0.15, 0.2) is 0 Å². The molecular formula is C15H29NO3S. The Kier molecular flexibility index (Phi) is 5.49. The molecule has 0 atom stereocenters. The van der Waals surface area contributed by atoms with E-state index < -0.39 is 15.6 Å². The van der Waals surface area contributed by atoms with E-state index in [-0.39, 0.29) is 12.4 Å². The molecule has 0 amide bonds. The summed E-state index contributed by atoms with van der Waals surface area (Å²) in [4.78, 5) is 0. The molecule has 0 aromatic heterocycles. The van der Waals surface area contributed by atoms with Gasteiger partial charge >= 0.3 is 0 Å². The van der Waals surface area contributed by atoms with Crippen molar-refractivity contribution in [3.8, 4) is 0 Å². The second-order valence-corrected chi connectivity index (χ2v) is 8.78. The number of aliphatic hydroxyl groups is 1. The Balaban J connectivity index is 1.94. The van der Waals surface area contributed by atoms with E-state index in [0.29, 0.717) is 11.8 Å². The largest absolute Gasteiger partial charge is 0.394 e. The predicted octanol–water partition coefficient (Wildman–Crippen LogP) is 2.43. The molecule has 0 aromatic rings. The lowest BCUT2D eigenvalue weighted by molar-refractivity contribution is 0.125. The van der Waals surface area contributed by atoms with Crippen molar-refractivity contribution in [2.24, 2.45) is 11.8 Å². The van der Waals surface area contributed by atoms with Gasteiger partial charge in [0.2, 0.25) is 10.0 Å². The molecule has 4 nitrogen and oxygen atoms in total. The summed E-state index contributed by atoms with van der Waals surface area (Å²) in [6.45, 7) is 2.11. The van der Waals surface area contributed by atoms with Gasteiger partial charge in [0.15, 0.2) is 0 Å². The quantitative estimate of drug-likeness (QED) is 0.819. The molecule has 0 aromatic carbocycles. The summed E-state index contributed by atoms with van der Waals surface area (Å²) in [7, 11) is -3.28. The van der Waals surface area contributed by atoms with Gasteiger partial charge in [-0.2, -0.15) is 0 Å². The van der Waals surface area contributed by atoms with Crippen molar-refractivity contribution in [2.45, 2.75) is 70.3 Å². The van der Waals surface area contributed by atoms with E-state index in [2.05, 4.69) is 11.6 Å². The van der Waals surface area contributed by atoms with Gasteiger partial charge in [0, 0.05) is 0 Å². The lowest BCUT2D eigenvalue weighted by Gasteiger charge is -2.38. The zero-order valence-electron chi connectivity index (χ0n) is 12.6. The van der Waals surface area contributed by atoms with E-state index in [1.54, 1.807) is 0 Å². The standard InChI is InChI=1S/C15H29NO3S/c1-13-7-9-15(12-17,10-8-13)16-20(18,19)11-14-5-3-2-4-6-14/h13-14,16-17H,2-12H2,1H3. The van der Waals surface area contributed by atoms with Gasteiger partial charge in [-0.05, 0) is 50.4 Å². The number of aliphatic hydroxyl groups excluding tert-OH is 1. The maximum absolute atomic E-state index is 12.4. The van der Waals surface area contributed by atoms with Gasteiger partial charge in [0.1, 0.15) is 0 Å². The highest BCUT2D eigenvalue weighted by Gasteiger charge is 2.37. The number of hydrogen-bond acceptors (Lipinski definition) is 3. The van der Waals surface area contributed by atoms with Gasteiger partial charge in [-0.3, -0.25) is 0 Å². The first-order valence-electron chi connectivity index (χ1n) is 8.07. The monoisotopic (exact) mass is 303 g/mol. The third kappa shape index (κ3) is 4.43. The summed E-state index contributed by atoms with van der Waals surface area (Å²) >= 11 is 0. The molecule has 2 aliphatic carbocycles. The molecule has 5 heteroatoms. The summed E-state index contributed by atoms with van der Waals surface area (Å²) in [5, 5.41) is 9.67. The Bertz CT molecular complexity index is 393. The van der Waals surface area contributed by atoms with Crippen molar-refractivity contribution in [3.63, 3.8) is 0 Å². The van der Waals surface area contributed by atoms with Gasteiger partial charge in [0.05, 0.1) is 17.9 Å². The Morgan fingerprint density at radius 2 is 1.70 bits per heavy atom. The third-order valence-corrected chi connectivity index (χ3v) is 6.74. The van der Waals surface area contributed by atoms with Gasteiger partial charge in [-0.25, -0.2) is 13.1 Å². The Hall–Kier alpha value is -0.130. The highest BCUT2D eigenvalue weighted by atomic mass is 32.2. The van der Waals surface area contributed by atoms with E-state index in [4.69, 9.17) is 0 Å². The average Bonchev–Trinajstić information content (AvgIpc) is 2.42. The van der Waals surface area contributed by atoms with E-state index in [0.717, 1.165) is 51.4 Å². The molecule has 118 valence electrons. The molecule has 2 rings (SSSR count). The normalized spacial score (nSPS) is 33.2. The summed E-state index contributed by atoms with van der Waals surface area (Å²) in [6.07, 6.45) is 9.12. The Labute approximate surface area is 123 Å². The summed E-state index contributed by atoms with van der Waals surface area (Å²) in [6, 6.07) is 0. The molecule has 0 saturated heterocycles. The lowest BCUT2D eigenvalue weighted by Crippen LogP contribution is -2.54.